The van der Waals surface area contributed by atoms with Crippen LogP contribution < -0.4 is 4.90 Å². The average Bonchev–Trinajstić information content (AvgIpc) is 3.22. The van der Waals surface area contributed by atoms with Gasteiger partial charge in [-0.05, 0) is 65.3 Å². The van der Waals surface area contributed by atoms with Gasteiger partial charge in [0.05, 0.1) is 23.2 Å². The molecular weight excluding hydrogens is 422 g/mol. The highest BCUT2D eigenvalue weighted by Gasteiger charge is 2.21. The number of benzene rings is 2. The third kappa shape index (κ3) is 5.32. The van der Waals surface area contributed by atoms with Crippen LogP contribution in [0.3, 0.4) is 0 Å². The minimum Gasteiger partial charge on any atom is -0.283 e. The van der Waals surface area contributed by atoms with Gasteiger partial charge in [0, 0.05) is 17.3 Å². The van der Waals surface area contributed by atoms with Gasteiger partial charge in [0.15, 0.2) is 5.13 Å². The van der Waals surface area contributed by atoms with Crippen LogP contribution in [-0.4, -0.2) is 21.6 Å². The standard InChI is InChI=1S/C25H25N3OS2/c1-3-18-7-10-22-23(15-18)31-25(27-22)28(17-20-11-13-26-14-12-20)24(29)16-19-5-8-21(9-6-19)30-4-2/h5-15H,3-4,16-17H2,1-2H3. The average molecular weight is 448 g/mol. The van der Waals surface area contributed by atoms with Crippen LogP contribution in [0.25, 0.3) is 10.2 Å². The minimum atomic E-state index is 0.0440. The molecule has 1 amide bonds. The van der Waals surface area contributed by atoms with Crippen molar-refractivity contribution in [1.82, 2.24) is 9.97 Å². The number of hydrogen-bond donors (Lipinski definition) is 0. The largest absolute Gasteiger partial charge is 0.283 e. The summed E-state index contributed by atoms with van der Waals surface area (Å²) in [5.41, 5.74) is 4.26. The molecule has 158 valence electrons. The first-order chi connectivity index (χ1) is 15.2. The summed E-state index contributed by atoms with van der Waals surface area (Å²) in [5.74, 6) is 1.08. The normalized spacial score (nSPS) is 11.0. The van der Waals surface area contributed by atoms with Gasteiger partial charge < -0.3 is 0 Å². The van der Waals surface area contributed by atoms with Crippen LogP contribution in [0.1, 0.15) is 30.5 Å². The lowest BCUT2D eigenvalue weighted by Crippen LogP contribution is -2.31. The molecule has 2 heterocycles. The number of anilines is 1. The van der Waals surface area contributed by atoms with E-state index in [-0.39, 0.29) is 5.91 Å². The van der Waals surface area contributed by atoms with Crippen LogP contribution in [0.4, 0.5) is 5.13 Å². The Labute approximate surface area is 191 Å². The zero-order valence-electron chi connectivity index (χ0n) is 17.7. The van der Waals surface area contributed by atoms with E-state index in [4.69, 9.17) is 4.98 Å². The molecule has 0 aliphatic heterocycles. The molecule has 0 unspecified atom stereocenters. The minimum absolute atomic E-state index is 0.0440. The molecule has 4 aromatic rings. The molecular formula is C25H25N3OS2. The van der Waals surface area contributed by atoms with Gasteiger partial charge in [-0.2, -0.15) is 0 Å². The Morgan fingerprint density at radius 1 is 0.968 bits per heavy atom. The van der Waals surface area contributed by atoms with Crippen molar-refractivity contribution in [1.29, 1.82) is 0 Å². The van der Waals surface area contributed by atoms with Gasteiger partial charge in [0.2, 0.25) is 5.91 Å². The highest BCUT2D eigenvalue weighted by Crippen LogP contribution is 2.31. The third-order valence-electron chi connectivity index (χ3n) is 5.06. The number of fused-ring (bicyclic) bond motifs is 1. The fourth-order valence-corrected chi connectivity index (χ4v) is 5.07. The lowest BCUT2D eigenvalue weighted by Gasteiger charge is -2.20. The van der Waals surface area contributed by atoms with Gasteiger partial charge in [-0.3, -0.25) is 14.7 Å². The van der Waals surface area contributed by atoms with Gasteiger partial charge in [-0.25, -0.2) is 4.98 Å². The number of pyridine rings is 1. The number of thioether (sulfide) groups is 1. The maximum absolute atomic E-state index is 13.4. The van der Waals surface area contributed by atoms with Gasteiger partial charge in [0.1, 0.15) is 0 Å². The van der Waals surface area contributed by atoms with E-state index in [1.54, 1.807) is 40.4 Å². The Morgan fingerprint density at radius 3 is 2.42 bits per heavy atom. The molecule has 0 bridgehead atoms. The first kappa shape index (κ1) is 21.5. The van der Waals surface area contributed by atoms with Gasteiger partial charge in [0.25, 0.3) is 0 Å². The van der Waals surface area contributed by atoms with E-state index >= 15 is 0 Å². The van der Waals surface area contributed by atoms with Crippen molar-refractivity contribution < 1.29 is 4.79 Å². The predicted molar refractivity (Wildman–Crippen MR) is 131 cm³/mol. The highest BCUT2D eigenvalue weighted by molar-refractivity contribution is 7.99. The van der Waals surface area contributed by atoms with E-state index < -0.39 is 0 Å². The van der Waals surface area contributed by atoms with Gasteiger partial charge in [-0.1, -0.05) is 43.4 Å². The molecule has 0 aliphatic rings. The molecule has 6 heteroatoms. The van der Waals surface area contributed by atoms with E-state index in [0.29, 0.717) is 13.0 Å². The summed E-state index contributed by atoms with van der Waals surface area (Å²) in [6.45, 7) is 4.76. The lowest BCUT2D eigenvalue weighted by molar-refractivity contribution is -0.118. The first-order valence-electron chi connectivity index (χ1n) is 10.5. The van der Waals surface area contributed by atoms with Crippen LogP contribution in [0.15, 0.2) is 71.9 Å². The number of rotatable bonds is 8. The molecule has 4 rings (SSSR count). The number of amides is 1. The summed E-state index contributed by atoms with van der Waals surface area (Å²) in [5, 5.41) is 0.739. The molecule has 0 atom stereocenters. The number of aromatic nitrogens is 2. The zero-order valence-corrected chi connectivity index (χ0v) is 19.4. The van der Waals surface area contributed by atoms with E-state index in [2.05, 4.69) is 43.1 Å². The molecule has 2 aromatic carbocycles. The maximum Gasteiger partial charge on any atom is 0.233 e. The van der Waals surface area contributed by atoms with Crippen molar-refractivity contribution in [3.63, 3.8) is 0 Å². The molecule has 0 spiro atoms. The molecule has 0 fully saturated rings. The van der Waals surface area contributed by atoms with Gasteiger partial charge >= 0.3 is 0 Å². The number of hydrogen-bond acceptors (Lipinski definition) is 5. The van der Waals surface area contributed by atoms with E-state index in [0.717, 1.165) is 38.6 Å². The Kier molecular flexibility index (Phi) is 6.99. The lowest BCUT2D eigenvalue weighted by atomic mass is 10.1. The quantitative estimate of drug-likeness (QED) is 0.304. The summed E-state index contributed by atoms with van der Waals surface area (Å²) >= 11 is 3.38. The van der Waals surface area contributed by atoms with Crippen molar-refractivity contribution >= 4 is 44.4 Å². The molecule has 4 nitrogen and oxygen atoms in total. The molecule has 0 saturated carbocycles. The van der Waals surface area contributed by atoms with E-state index in [1.165, 1.54) is 10.5 Å². The molecule has 2 aromatic heterocycles. The van der Waals surface area contributed by atoms with Crippen molar-refractivity contribution in [2.45, 2.75) is 38.1 Å². The van der Waals surface area contributed by atoms with Crippen molar-refractivity contribution in [2.24, 2.45) is 0 Å². The maximum atomic E-state index is 13.4. The van der Waals surface area contributed by atoms with Crippen LogP contribution in [0.5, 0.6) is 0 Å². The van der Waals surface area contributed by atoms with Crippen molar-refractivity contribution in [3.8, 4) is 0 Å². The molecule has 0 aliphatic carbocycles. The zero-order chi connectivity index (χ0) is 21.6. The Hall–Kier alpha value is -2.70. The fraction of sp³-hybridized carbons (Fsp3) is 0.240. The number of aryl methyl sites for hydroxylation is 1. The Bertz CT molecular complexity index is 1160. The van der Waals surface area contributed by atoms with E-state index in [9.17, 15) is 4.79 Å². The van der Waals surface area contributed by atoms with Crippen LogP contribution in [-0.2, 0) is 24.2 Å². The number of thiazole rings is 1. The number of carbonyl (C=O) groups excluding carboxylic acids is 1. The number of carbonyl (C=O) groups is 1. The second-order valence-electron chi connectivity index (χ2n) is 7.24. The smallest absolute Gasteiger partial charge is 0.233 e. The third-order valence-corrected chi connectivity index (χ3v) is 7.00. The summed E-state index contributed by atoms with van der Waals surface area (Å²) in [7, 11) is 0. The predicted octanol–water partition coefficient (Wildman–Crippen LogP) is 6.14. The highest BCUT2D eigenvalue weighted by atomic mass is 32.2. The fourth-order valence-electron chi connectivity index (χ4n) is 3.37. The van der Waals surface area contributed by atoms with Gasteiger partial charge in [-0.15, -0.1) is 11.8 Å². The molecule has 0 N–H and O–H groups in total. The second-order valence-corrected chi connectivity index (χ2v) is 9.59. The SMILES string of the molecule is CCSc1ccc(CC(=O)N(Cc2ccncc2)c2nc3ccc(CC)cc3s2)cc1. The molecule has 0 saturated heterocycles. The first-order valence-corrected chi connectivity index (χ1v) is 12.3. The molecule has 31 heavy (non-hydrogen) atoms. The Balaban J connectivity index is 1.62. The van der Waals surface area contributed by atoms with Crippen LogP contribution in [0, 0.1) is 0 Å². The summed E-state index contributed by atoms with van der Waals surface area (Å²) < 4.78 is 1.11. The van der Waals surface area contributed by atoms with Crippen molar-refractivity contribution in [3.05, 3.63) is 83.7 Å². The Morgan fingerprint density at radius 2 is 1.71 bits per heavy atom. The van der Waals surface area contributed by atoms with Crippen LogP contribution >= 0.6 is 23.1 Å². The number of nitrogens with zero attached hydrogens (tertiary/aromatic N) is 3. The van der Waals surface area contributed by atoms with Crippen molar-refractivity contribution in [2.75, 3.05) is 10.7 Å². The summed E-state index contributed by atoms with van der Waals surface area (Å²) in [6.07, 6.45) is 4.84. The topological polar surface area (TPSA) is 46.1 Å². The van der Waals surface area contributed by atoms with Crippen LogP contribution in [0.2, 0.25) is 0 Å². The monoisotopic (exact) mass is 447 g/mol. The van der Waals surface area contributed by atoms with E-state index in [1.807, 2.05) is 30.3 Å². The summed E-state index contributed by atoms with van der Waals surface area (Å²) in [4.78, 5) is 25.3. The second kappa shape index (κ2) is 10.1. The molecule has 0 radical (unpaired) electrons. The summed E-state index contributed by atoms with van der Waals surface area (Å²) in [6, 6.07) is 18.5.